The third kappa shape index (κ3) is 2.76. The zero-order valence-corrected chi connectivity index (χ0v) is 10.1. The van der Waals surface area contributed by atoms with E-state index in [1.807, 2.05) is 6.07 Å². The molecule has 0 aliphatic rings. The number of alkyl halides is 3. The highest BCUT2D eigenvalue weighted by Gasteiger charge is 2.30. The normalized spacial score (nSPS) is 11.3. The third-order valence-electron chi connectivity index (χ3n) is 2.73. The van der Waals surface area contributed by atoms with E-state index in [0.717, 1.165) is 17.7 Å². The van der Waals surface area contributed by atoms with E-state index in [1.165, 1.54) is 16.8 Å². The lowest BCUT2D eigenvalue weighted by molar-refractivity contribution is -0.137. The first-order chi connectivity index (χ1) is 8.91. The molecule has 2 rings (SSSR count). The van der Waals surface area contributed by atoms with Crippen molar-refractivity contribution in [2.45, 2.75) is 19.5 Å². The van der Waals surface area contributed by atoms with Gasteiger partial charge in [0.25, 0.3) is 0 Å². The average molecular weight is 265 g/mol. The number of aryl methyl sites for hydroxylation is 1. The highest BCUT2D eigenvalue weighted by Crippen LogP contribution is 2.29. The lowest BCUT2D eigenvalue weighted by Crippen LogP contribution is -2.05. The molecule has 0 spiro atoms. The third-order valence-corrected chi connectivity index (χ3v) is 2.73. The van der Waals surface area contributed by atoms with Crippen molar-refractivity contribution in [2.24, 2.45) is 0 Å². The number of halogens is 3. The van der Waals surface area contributed by atoms with Gasteiger partial charge >= 0.3 is 6.18 Å². The van der Waals surface area contributed by atoms with Gasteiger partial charge in [0.1, 0.15) is 0 Å². The lowest BCUT2D eigenvalue weighted by atomic mass is 10.2. The maximum Gasteiger partial charge on any atom is 0.416 e. The van der Waals surface area contributed by atoms with Crippen LogP contribution in [0.2, 0.25) is 0 Å². The van der Waals surface area contributed by atoms with E-state index in [0.29, 0.717) is 11.4 Å². The largest absolute Gasteiger partial charge is 0.416 e. The zero-order valence-electron chi connectivity index (χ0n) is 10.1. The van der Waals surface area contributed by atoms with Gasteiger partial charge in [-0.2, -0.15) is 23.5 Å². The lowest BCUT2D eigenvalue weighted by Gasteiger charge is -2.07. The maximum atomic E-state index is 12.4. The highest BCUT2D eigenvalue weighted by molar-refractivity contribution is 5.36. The standard InChI is InChI=1S/C13H10F3N3/c1-9-10(6-7-17)8-19(18-9)12-4-2-11(3-5-12)13(14,15)16/h2-5,8H,6H2,1H3. The minimum Gasteiger partial charge on any atom is -0.240 e. The maximum absolute atomic E-state index is 12.4. The second-order valence-electron chi connectivity index (χ2n) is 4.06. The topological polar surface area (TPSA) is 41.6 Å². The van der Waals surface area contributed by atoms with Gasteiger partial charge in [-0.3, -0.25) is 0 Å². The molecule has 0 radical (unpaired) electrons. The molecule has 1 aromatic carbocycles. The van der Waals surface area contributed by atoms with Crippen molar-refractivity contribution in [1.29, 1.82) is 5.26 Å². The summed E-state index contributed by atoms with van der Waals surface area (Å²) in [6.45, 7) is 1.76. The van der Waals surface area contributed by atoms with Crippen LogP contribution in [0, 0.1) is 18.3 Å². The van der Waals surface area contributed by atoms with E-state index in [2.05, 4.69) is 5.10 Å². The Bertz CT molecular complexity index is 618. The number of nitriles is 1. The van der Waals surface area contributed by atoms with Gasteiger partial charge in [-0.15, -0.1) is 0 Å². The van der Waals surface area contributed by atoms with Crippen LogP contribution >= 0.6 is 0 Å². The van der Waals surface area contributed by atoms with Gasteiger partial charge in [0.05, 0.1) is 29.4 Å². The molecule has 2 aromatic rings. The monoisotopic (exact) mass is 265 g/mol. The van der Waals surface area contributed by atoms with Gasteiger partial charge in [-0.05, 0) is 31.2 Å². The Hall–Kier alpha value is -2.29. The van der Waals surface area contributed by atoms with Crippen molar-refractivity contribution in [3.63, 3.8) is 0 Å². The van der Waals surface area contributed by atoms with E-state index < -0.39 is 11.7 Å². The summed E-state index contributed by atoms with van der Waals surface area (Å²) >= 11 is 0. The van der Waals surface area contributed by atoms with Crippen LogP contribution in [0.1, 0.15) is 16.8 Å². The van der Waals surface area contributed by atoms with Crippen LogP contribution in [-0.2, 0) is 12.6 Å². The van der Waals surface area contributed by atoms with Gasteiger partial charge < -0.3 is 0 Å². The summed E-state index contributed by atoms with van der Waals surface area (Å²) < 4.78 is 38.8. The van der Waals surface area contributed by atoms with E-state index in [1.54, 1.807) is 13.1 Å². The Labute approximate surface area is 107 Å². The minimum atomic E-state index is -4.34. The molecule has 1 heterocycles. The molecular formula is C13H10F3N3. The summed E-state index contributed by atoms with van der Waals surface area (Å²) in [5, 5.41) is 12.8. The van der Waals surface area contributed by atoms with E-state index in [9.17, 15) is 13.2 Å². The SMILES string of the molecule is Cc1nn(-c2ccc(C(F)(F)F)cc2)cc1CC#N. The molecule has 0 fully saturated rings. The predicted molar refractivity (Wildman–Crippen MR) is 62.6 cm³/mol. The number of hydrogen-bond acceptors (Lipinski definition) is 2. The van der Waals surface area contributed by atoms with Crippen molar-refractivity contribution < 1.29 is 13.2 Å². The van der Waals surface area contributed by atoms with Gasteiger partial charge in [0.15, 0.2) is 0 Å². The van der Waals surface area contributed by atoms with Crippen LogP contribution in [0.4, 0.5) is 13.2 Å². The van der Waals surface area contributed by atoms with Crippen molar-refractivity contribution in [3.8, 4) is 11.8 Å². The zero-order chi connectivity index (χ0) is 14.0. The van der Waals surface area contributed by atoms with Crippen LogP contribution in [-0.4, -0.2) is 9.78 Å². The number of rotatable bonds is 2. The average Bonchev–Trinajstić information content (AvgIpc) is 2.71. The summed E-state index contributed by atoms with van der Waals surface area (Å²) in [5.74, 6) is 0. The van der Waals surface area contributed by atoms with Gasteiger partial charge in [0, 0.05) is 11.8 Å². The Balaban J connectivity index is 2.33. The fraction of sp³-hybridized carbons (Fsp3) is 0.231. The number of benzene rings is 1. The number of aromatic nitrogens is 2. The first-order valence-electron chi connectivity index (χ1n) is 5.51. The number of nitrogens with zero attached hydrogens (tertiary/aromatic N) is 3. The minimum absolute atomic E-state index is 0.229. The Morgan fingerprint density at radius 2 is 1.89 bits per heavy atom. The quantitative estimate of drug-likeness (QED) is 0.836. The van der Waals surface area contributed by atoms with Crippen molar-refractivity contribution in [3.05, 3.63) is 47.3 Å². The van der Waals surface area contributed by atoms with Crippen molar-refractivity contribution in [1.82, 2.24) is 9.78 Å². The first kappa shape index (κ1) is 13.1. The molecule has 0 atom stereocenters. The number of hydrogen-bond donors (Lipinski definition) is 0. The summed E-state index contributed by atoms with van der Waals surface area (Å²) in [6.07, 6.45) is -2.46. The van der Waals surface area contributed by atoms with E-state index >= 15 is 0 Å². The second-order valence-corrected chi connectivity index (χ2v) is 4.06. The molecule has 6 heteroatoms. The molecule has 0 N–H and O–H groups in total. The fourth-order valence-corrected chi connectivity index (χ4v) is 1.69. The van der Waals surface area contributed by atoms with Gasteiger partial charge in [-0.1, -0.05) is 0 Å². The van der Waals surface area contributed by atoms with E-state index in [-0.39, 0.29) is 6.42 Å². The molecule has 19 heavy (non-hydrogen) atoms. The molecule has 0 bridgehead atoms. The molecule has 0 aliphatic heterocycles. The van der Waals surface area contributed by atoms with Crippen LogP contribution in [0.25, 0.3) is 5.69 Å². The fourth-order valence-electron chi connectivity index (χ4n) is 1.69. The predicted octanol–water partition coefficient (Wildman–Crippen LogP) is 3.27. The van der Waals surface area contributed by atoms with Crippen LogP contribution < -0.4 is 0 Å². The molecule has 0 unspecified atom stereocenters. The Morgan fingerprint density at radius 1 is 1.26 bits per heavy atom. The molecular weight excluding hydrogens is 255 g/mol. The first-order valence-corrected chi connectivity index (χ1v) is 5.51. The smallest absolute Gasteiger partial charge is 0.240 e. The second kappa shape index (κ2) is 4.76. The molecule has 3 nitrogen and oxygen atoms in total. The molecule has 0 aliphatic carbocycles. The van der Waals surface area contributed by atoms with Crippen LogP contribution in [0.3, 0.4) is 0 Å². The summed E-state index contributed by atoms with van der Waals surface area (Å²) in [4.78, 5) is 0. The van der Waals surface area contributed by atoms with Crippen molar-refractivity contribution >= 4 is 0 Å². The molecule has 0 amide bonds. The highest BCUT2D eigenvalue weighted by atomic mass is 19.4. The van der Waals surface area contributed by atoms with Crippen LogP contribution in [0.15, 0.2) is 30.5 Å². The summed E-state index contributed by atoms with van der Waals surface area (Å²) in [5.41, 5.74) is 1.29. The Morgan fingerprint density at radius 3 is 2.42 bits per heavy atom. The van der Waals surface area contributed by atoms with Gasteiger partial charge in [-0.25, -0.2) is 4.68 Å². The summed E-state index contributed by atoms with van der Waals surface area (Å²) in [6, 6.07) is 6.74. The molecule has 0 saturated heterocycles. The molecule has 1 aromatic heterocycles. The summed E-state index contributed by atoms with van der Waals surface area (Å²) in [7, 11) is 0. The van der Waals surface area contributed by atoms with Crippen molar-refractivity contribution in [2.75, 3.05) is 0 Å². The molecule has 98 valence electrons. The van der Waals surface area contributed by atoms with E-state index in [4.69, 9.17) is 5.26 Å². The Kier molecular flexibility index (Phi) is 3.30. The van der Waals surface area contributed by atoms with Crippen LogP contribution in [0.5, 0.6) is 0 Å². The van der Waals surface area contributed by atoms with Gasteiger partial charge in [0.2, 0.25) is 0 Å². The molecule has 0 saturated carbocycles.